The molecule has 1 fully saturated rings. The lowest BCUT2D eigenvalue weighted by Gasteiger charge is -2.31. The van der Waals surface area contributed by atoms with E-state index in [0.29, 0.717) is 5.69 Å². The predicted molar refractivity (Wildman–Crippen MR) is 108 cm³/mol. The van der Waals surface area contributed by atoms with E-state index in [1.54, 1.807) is 15.9 Å². The summed E-state index contributed by atoms with van der Waals surface area (Å²) in [7, 11) is 1.50. The second kappa shape index (κ2) is 7.04. The number of halogens is 1. The van der Waals surface area contributed by atoms with Crippen molar-refractivity contribution in [2.24, 2.45) is 5.92 Å². The number of fused-ring (bicyclic) bond motifs is 2. The number of ether oxygens (including phenoxy) is 1. The van der Waals surface area contributed by atoms with Crippen LogP contribution in [0, 0.1) is 5.92 Å². The fourth-order valence-electron chi connectivity index (χ4n) is 4.70. The molecule has 8 heteroatoms. The lowest BCUT2D eigenvalue weighted by atomic mass is 9.85. The Bertz CT molecular complexity index is 1110. The van der Waals surface area contributed by atoms with E-state index in [1.807, 2.05) is 6.07 Å². The maximum absolute atomic E-state index is 15.3. The first-order valence-electron chi connectivity index (χ1n) is 10.0. The van der Waals surface area contributed by atoms with Gasteiger partial charge in [-0.05, 0) is 55.7 Å². The van der Waals surface area contributed by atoms with Gasteiger partial charge in [0.25, 0.3) is 5.56 Å². The van der Waals surface area contributed by atoms with Crippen LogP contribution in [0.4, 0.5) is 4.39 Å². The van der Waals surface area contributed by atoms with Crippen molar-refractivity contribution >= 4 is 17.4 Å². The molecule has 3 aliphatic carbocycles. The Balaban J connectivity index is 1.64. The smallest absolute Gasteiger partial charge is 0.328 e. The summed E-state index contributed by atoms with van der Waals surface area (Å²) >= 11 is 1.57. The van der Waals surface area contributed by atoms with Gasteiger partial charge in [-0.1, -0.05) is 0 Å². The molecule has 1 saturated carbocycles. The SMILES string of the molecule is COC1c2c(c(=O)[nH]c(=O)n2C2CC2)C=C(F)C1c1cc2c(s1)CCC(CO)C2. The lowest BCUT2D eigenvalue weighted by Crippen LogP contribution is -2.38. The van der Waals surface area contributed by atoms with E-state index >= 15 is 4.39 Å². The summed E-state index contributed by atoms with van der Waals surface area (Å²) in [6, 6.07) is 2.05. The van der Waals surface area contributed by atoms with Crippen molar-refractivity contribution in [3.8, 4) is 0 Å². The normalized spacial score (nSPS) is 26.0. The number of hydrogen-bond acceptors (Lipinski definition) is 5. The molecule has 0 saturated heterocycles. The van der Waals surface area contributed by atoms with E-state index in [1.165, 1.54) is 18.1 Å². The Morgan fingerprint density at radius 1 is 1.34 bits per heavy atom. The van der Waals surface area contributed by atoms with Crippen molar-refractivity contribution in [1.29, 1.82) is 0 Å². The Labute approximate surface area is 170 Å². The van der Waals surface area contributed by atoms with Gasteiger partial charge in [0.1, 0.15) is 11.9 Å². The number of nitrogens with one attached hydrogen (secondary N) is 1. The van der Waals surface area contributed by atoms with Crippen LogP contribution in [0.3, 0.4) is 0 Å². The second-order valence-electron chi connectivity index (χ2n) is 8.21. The van der Waals surface area contributed by atoms with Gasteiger partial charge in [0.15, 0.2) is 0 Å². The van der Waals surface area contributed by atoms with Gasteiger partial charge in [-0.2, -0.15) is 0 Å². The highest BCUT2D eigenvalue weighted by Gasteiger charge is 2.41. The molecule has 2 N–H and O–H groups in total. The van der Waals surface area contributed by atoms with Crippen molar-refractivity contribution in [1.82, 2.24) is 9.55 Å². The molecule has 2 heterocycles. The summed E-state index contributed by atoms with van der Waals surface area (Å²) in [5.74, 6) is -0.857. The van der Waals surface area contributed by atoms with Gasteiger partial charge in [0.05, 0.1) is 17.2 Å². The van der Waals surface area contributed by atoms with E-state index in [4.69, 9.17) is 4.74 Å². The van der Waals surface area contributed by atoms with Crippen LogP contribution in [0.25, 0.3) is 6.08 Å². The number of H-pyrrole nitrogens is 1. The molecule has 0 bridgehead atoms. The van der Waals surface area contributed by atoms with Crippen molar-refractivity contribution < 1.29 is 14.2 Å². The zero-order valence-corrected chi connectivity index (χ0v) is 16.9. The van der Waals surface area contributed by atoms with Crippen molar-refractivity contribution in [3.05, 3.63) is 59.3 Å². The maximum Gasteiger partial charge on any atom is 0.328 e. The number of nitrogens with zero attached hydrogens (tertiary/aromatic N) is 1. The zero-order valence-electron chi connectivity index (χ0n) is 16.1. The first-order chi connectivity index (χ1) is 14.0. The minimum Gasteiger partial charge on any atom is -0.396 e. The number of thiophene rings is 1. The average molecular weight is 418 g/mol. The fraction of sp³-hybridized carbons (Fsp3) is 0.524. The Kier molecular flexibility index (Phi) is 4.60. The third-order valence-electron chi connectivity index (χ3n) is 6.31. The van der Waals surface area contributed by atoms with Gasteiger partial charge in [-0.25, -0.2) is 9.18 Å². The van der Waals surface area contributed by atoms with E-state index < -0.39 is 29.1 Å². The van der Waals surface area contributed by atoms with E-state index in [2.05, 4.69) is 4.98 Å². The Morgan fingerprint density at radius 2 is 2.14 bits per heavy atom. The fourth-order valence-corrected chi connectivity index (χ4v) is 6.04. The molecule has 0 spiro atoms. The first kappa shape index (κ1) is 19.0. The van der Waals surface area contributed by atoms with Gasteiger partial charge in [-0.3, -0.25) is 14.3 Å². The number of aromatic nitrogens is 2. The summed E-state index contributed by atoms with van der Waals surface area (Å²) in [5, 5.41) is 9.49. The molecule has 2 aromatic rings. The van der Waals surface area contributed by atoms with Crippen molar-refractivity contribution in [3.63, 3.8) is 0 Å². The summed E-state index contributed by atoms with van der Waals surface area (Å²) < 4.78 is 22.6. The zero-order chi connectivity index (χ0) is 20.3. The molecule has 5 rings (SSSR count). The number of aryl methyl sites for hydroxylation is 1. The van der Waals surface area contributed by atoms with Gasteiger partial charge < -0.3 is 9.84 Å². The minimum atomic E-state index is -0.737. The maximum atomic E-state index is 15.3. The monoisotopic (exact) mass is 418 g/mol. The van der Waals surface area contributed by atoms with Crippen molar-refractivity contribution in [2.45, 2.75) is 50.2 Å². The van der Waals surface area contributed by atoms with Crippen LogP contribution in [0.5, 0.6) is 0 Å². The third kappa shape index (κ3) is 3.05. The molecule has 0 aliphatic heterocycles. The number of aromatic amines is 1. The highest BCUT2D eigenvalue weighted by atomic mass is 32.1. The number of hydrogen-bond donors (Lipinski definition) is 2. The topological polar surface area (TPSA) is 84.3 Å². The van der Waals surface area contributed by atoms with Crippen LogP contribution >= 0.6 is 11.3 Å². The van der Waals surface area contributed by atoms with E-state index in [9.17, 15) is 14.7 Å². The van der Waals surface area contributed by atoms with Crippen LogP contribution < -0.4 is 11.2 Å². The highest BCUT2D eigenvalue weighted by molar-refractivity contribution is 7.12. The molecule has 3 atom stereocenters. The standard InChI is InChI=1S/C21H23FN2O4S/c1-28-19-17(16-7-11-6-10(9-25)2-5-15(11)29-16)14(22)8-13-18(19)24(12-3-4-12)21(27)23-20(13)26/h7-8,10,12,17,19,25H,2-6,9H2,1H3,(H,23,26,27). The van der Waals surface area contributed by atoms with E-state index in [-0.39, 0.29) is 24.1 Å². The van der Waals surface area contributed by atoms with Crippen molar-refractivity contribution in [2.75, 3.05) is 13.7 Å². The summed E-state index contributed by atoms with van der Waals surface area (Å²) in [4.78, 5) is 29.3. The van der Waals surface area contributed by atoms with Gasteiger partial charge in [0, 0.05) is 29.5 Å². The quantitative estimate of drug-likeness (QED) is 0.800. The van der Waals surface area contributed by atoms with Crippen LogP contribution in [0.1, 0.15) is 63.9 Å². The Morgan fingerprint density at radius 3 is 2.83 bits per heavy atom. The van der Waals surface area contributed by atoms with Crippen LogP contribution in [-0.4, -0.2) is 28.4 Å². The molecule has 0 amide bonds. The van der Waals surface area contributed by atoms with Gasteiger partial charge in [0.2, 0.25) is 0 Å². The summed E-state index contributed by atoms with van der Waals surface area (Å²) in [5.41, 5.74) is 0.792. The van der Waals surface area contributed by atoms with Gasteiger partial charge >= 0.3 is 5.69 Å². The van der Waals surface area contributed by atoms with Crippen LogP contribution in [0.15, 0.2) is 21.5 Å². The predicted octanol–water partition coefficient (Wildman–Crippen LogP) is 2.83. The molecular weight excluding hydrogens is 395 g/mol. The number of aliphatic hydroxyl groups is 1. The van der Waals surface area contributed by atoms with Gasteiger partial charge in [-0.15, -0.1) is 11.3 Å². The molecule has 6 nitrogen and oxygen atoms in total. The first-order valence-corrected chi connectivity index (χ1v) is 10.8. The summed E-state index contributed by atoms with van der Waals surface area (Å²) in [6.45, 7) is 0.160. The lowest BCUT2D eigenvalue weighted by molar-refractivity contribution is 0.0733. The highest BCUT2D eigenvalue weighted by Crippen LogP contribution is 2.49. The van der Waals surface area contributed by atoms with E-state index in [0.717, 1.165) is 42.5 Å². The molecule has 2 aromatic heterocycles. The average Bonchev–Trinajstić information content (AvgIpc) is 3.45. The minimum absolute atomic E-state index is 0.0304. The molecule has 154 valence electrons. The second-order valence-corrected chi connectivity index (χ2v) is 9.38. The molecular formula is C21H23FN2O4S. The molecule has 29 heavy (non-hydrogen) atoms. The molecule has 0 radical (unpaired) electrons. The molecule has 3 unspecified atom stereocenters. The third-order valence-corrected chi connectivity index (χ3v) is 7.63. The Hall–Kier alpha value is -2.03. The largest absolute Gasteiger partial charge is 0.396 e. The number of rotatable bonds is 4. The summed E-state index contributed by atoms with van der Waals surface area (Å²) in [6.07, 6.45) is 4.86. The van der Waals surface area contributed by atoms with Crippen LogP contribution in [0.2, 0.25) is 0 Å². The number of methoxy groups -OCH3 is 1. The molecule has 0 aromatic carbocycles. The number of aliphatic hydroxyl groups excluding tert-OH is 1. The molecule has 3 aliphatic rings. The van der Waals surface area contributed by atoms with Crippen LogP contribution in [-0.2, 0) is 17.6 Å².